The Balaban J connectivity index is 1.89. The fourth-order valence-electron chi connectivity index (χ4n) is 2.97. The number of carbonyl (C=O) groups is 1. The van der Waals surface area contributed by atoms with E-state index in [1.807, 2.05) is 25.1 Å². The summed E-state index contributed by atoms with van der Waals surface area (Å²) in [7, 11) is 0. The van der Waals surface area contributed by atoms with Crippen molar-refractivity contribution < 1.29 is 9.53 Å². The van der Waals surface area contributed by atoms with Gasteiger partial charge in [-0.3, -0.25) is 4.79 Å². The molecular weight excluding hydrogens is 236 g/mol. The van der Waals surface area contributed by atoms with Crippen molar-refractivity contribution in [2.45, 2.75) is 46.0 Å². The van der Waals surface area contributed by atoms with Gasteiger partial charge in [0, 0.05) is 5.56 Å². The Hall–Kier alpha value is -1.31. The van der Waals surface area contributed by atoms with E-state index >= 15 is 0 Å². The van der Waals surface area contributed by atoms with Crippen molar-refractivity contribution in [1.29, 1.82) is 0 Å². The standard InChI is InChI=1S/C17H24O2/c1-13-10-15(11-18)8-9-17(13)19-12-14(2)16-6-4-3-5-7-16/h8-11,14,16H,3-7,12H2,1-2H3. The lowest BCUT2D eigenvalue weighted by Crippen LogP contribution is -2.21. The maximum Gasteiger partial charge on any atom is 0.150 e. The van der Waals surface area contributed by atoms with Crippen LogP contribution in [0.2, 0.25) is 0 Å². The van der Waals surface area contributed by atoms with E-state index in [-0.39, 0.29) is 0 Å². The Morgan fingerprint density at radius 1 is 1.32 bits per heavy atom. The highest BCUT2D eigenvalue weighted by molar-refractivity contribution is 5.75. The predicted octanol–water partition coefficient (Wildman–Crippen LogP) is 4.40. The smallest absolute Gasteiger partial charge is 0.150 e. The largest absolute Gasteiger partial charge is 0.493 e. The van der Waals surface area contributed by atoms with Crippen molar-refractivity contribution >= 4 is 6.29 Å². The normalized spacial score (nSPS) is 18.0. The first-order valence-electron chi connectivity index (χ1n) is 7.39. The molecule has 1 unspecified atom stereocenters. The second kappa shape index (κ2) is 6.74. The highest BCUT2D eigenvalue weighted by Crippen LogP contribution is 2.30. The Morgan fingerprint density at radius 2 is 2.05 bits per heavy atom. The molecule has 2 nitrogen and oxygen atoms in total. The van der Waals surface area contributed by atoms with Crippen LogP contribution >= 0.6 is 0 Å². The van der Waals surface area contributed by atoms with E-state index in [2.05, 4.69) is 6.92 Å². The van der Waals surface area contributed by atoms with Crippen LogP contribution in [0.15, 0.2) is 18.2 Å². The Morgan fingerprint density at radius 3 is 2.68 bits per heavy atom. The number of hydrogen-bond donors (Lipinski definition) is 0. The second-order valence-corrected chi connectivity index (χ2v) is 5.83. The van der Waals surface area contributed by atoms with Gasteiger partial charge in [-0.25, -0.2) is 0 Å². The van der Waals surface area contributed by atoms with Crippen LogP contribution < -0.4 is 4.74 Å². The minimum Gasteiger partial charge on any atom is -0.493 e. The monoisotopic (exact) mass is 260 g/mol. The second-order valence-electron chi connectivity index (χ2n) is 5.83. The van der Waals surface area contributed by atoms with Gasteiger partial charge in [0.05, 0.1) is 6.61 Å². The van der Waals surface area contributed by atoms with E-state index in [1.54, 1.807) is 0 Å². The lowest BCUT2D eigenvalue weighted by molar-refractivity contribution is 0.112. The fourth-order valence-corrected chi connectivity index (χ4v) is 2.97. The number of aryl methyl sites for hydroxylation is 1. The first kappa shape index (κ1) is 14.1. The minimum absolute atomic E-state index is 0.616. The zero-order valence-electron chi connectivity index (χ0n) is 12.0. The summed E-state index contributed by atoms with van der Waals surface area (Å²) >= 11 is 0. The quantitative estimate of drug-likeness (QED) is 0.733. The molecule has 1 aromatic carbocycles. The van der Waals surface area contributed by atoms with Gasteiger partial charge in [-0.1, -0.05) is 39.0 Å². The Bertz CT molecular complexity index is 419. The molecule has 0 radical (unpaired) electrons. The van der Waals surface area contributed by atoms with E-state index < -0.39 is 0 Å². The summed E-state index contributed by atoms with van der Waals surface area (Å²) in [6.07, 6.45) is 7.74. The average molecular weight is 260 g/mol. The predicted molar refractivity (Wildman–Crippen MR) is 77.8 cm³/mol. The minimum atomic E-state index is 0.616. The molecule has 1 fully saturated rings. The molecule has 0 heterocycles. The van der Waals surface area contributed by atoms with Gasteiger partial charge in [0.25, 0.3) is 0 Å². The van der Waals surface area contributed by atoms with Crippen molar-refractivity contribution in [2.24, 2.45) is 11.8 Å². The molecule has 1 aliphatic carbocycles. The third-order valence-electron chi connectivity index (χ3n) is 4.29. The van der Waals surface area contributed by atoms with Crippen LogP contribution in [-0.2, 0) is 0 Å². The third-order valence-corrected chi connectivity index (χ3v) is 4.29. The van der Waals surface area contributed by atoms with Crippen molar-refractivity contribution in [3.05, 3.63) is 29.3 Å². The molecular formula is C17H24O2. The van der Waals surface area contributed by atoms with Crippen LogP contribution in [0.1, 0.15) is 54.9 Å². The number of ether oxygens (including phenoxy) is 1. The molecule has 0 aliphatic heterocycles. The number of aldehydes is 1. The zero-order chi connectivity index (χ0) is 13.7. The maximum absolute atomic E-state index is 10.7. The molecule has 0 N–H and O–H groups in total. The van der Waals surface area contributed by atoms with Crippen LogP contribution in [0.4, 0.5) is 0 Å². The van der Waals surface area contributed by atoms with E-state index in [0.717, 1.165) is 30.1 Å². The lowest BCUT2D eigenvalue weighted by Gasteiger charge is -2.27. The van der Waals surface area contributed by atoms with Gasteiger partial charge in [0.15, 0.2) is 0 Å². The zero-order valence-corrected chi connectivity index (χ0v) is 12.0. The molecule has 1 aromatic rings. The van der Waals surface area contributed by atoms with Gasteiger partial charge in [-0.15, -0.1) is 0 Å². The van der Waals surface area contributed by atoms with Crippen LogP contribution in [0.3, 0.4) is 0 Å². The molecule has 0 amide bonds. The van der Waals surface area contributed by atoms with Crippen molar-refractivity contribution in [1.82, 2.24) is 0 Å². The van der Waals surface area contributed by atoms with E-state index in [4.69, 9.17) is 4.74 Å². The van der Waals surface area contributed by atoms with E-state index in [1.165, 1.54) is 32.1 Å². The molecule has 0 spiro atoms. The summed E-state index contributed by atoms with van der Waals surface area (Å²) in [6.45, 7) is 5.07. The fraction of sp³-hybridized carbons (Fsp3) is 0.588. The summed E-state index contributed by atoms with van der Waals surface area (Å²) in [6, 6.07) is 5.61. The number of hydrogen-bond acceptors (Lipinski definition) is 2. The van der Waals surface area contributed by atoms with Crippen molar-refractivity contribution in [2.75, 3.05) is 6.61 Å². The summed E-state index contributed by atoms with van der Waals surface area (Å²) < 4.78 is 5.94. The lowest BCUT2D eigenvalue weighted by atomic mass is 9.81. The van der Waals surface area contributed by atoms with Gasteiger partial charge in [-0.2, -0.15) is 0 Å². The topological polar surface area (TPSA) is 26.3 Å². The van der Waals surface area contributed by atoms with Crippen LogP contribution in [-0.4, -0.2) is 12.9 Å². The van der Waals surface area contributed by atoms with E-state index in [0.29, 0.717) is 11.5 Å². The van der Waals surface area contributed by atoms with Gasteiger partial charge in [0.2, 0.25) is 0 Å². The number of carbonyl (C=O) groups excluding carboxylic acids is 1. The molecule has 0 saturated heterocycles. The number of benzene rings is 1. The summed E-state index contributed by atoms with van der Waals surface area (Å²) in [5.74, 6) is 2.35. The van der Waals surface area contributed by atoms with E-state index in [9.17, 15) is 4.79 Å². The number of rotatable bonds is 5. The molecule has 1 aliphatic rings. The molecule has 0 bridgehead atoms. The van der Waals surface area contributed by atoms with Crippen LogP contribution in [0.25, 0.3) is 0 Å². The highest BCUT2D eigenvalue weighted by Gasteiger charge is 2.20. The van der Waals surface area contributed by atoms with Gasteiger partial charge < -0.3 is 4.74 Å². The molecule has 19 heavy (non-hydrogen) atoms. The van der Waals surface area contributed by atoms with Crippen LogP contribution in [0.5, 0.6) is 5.75 Å². The summed E-state index contributed by atoms with van der Waals surface area (Å²) in [4.78, 5) is 10.7. The first-order chi connectivity index (χ1) is 9.20. The maximum atomic E-state index is 10.7. The molecule has 2 rings (SSSR count). The van der Waals surface area contributed by atoms with Crippen molar-refractivity contribution in [3.8, 4) is 5.75 Å². The molecule has 2 heteroatoms. The summed E-state index contributed by atoms with van der Waals surface area (Å²) in [5, 5.41) is 0. The molecule has 104 valence electrons. The molecule has 1 atom stereocenters. The third kappa shape index (κ3) is 3.82. The summed E-state index contributed by atoms with van der Waals surface area (Å²) in [5.41, 5.74) is 1.76. The molecule has 1 saturated carbocycles. The van der Waals surface area contributed by atoms with Gasteiger partial charge in [-0.05, 0) is 42.5 Å². The van der Waals surface area contributed by atoms with Gasteiger partial charge >= 0.3 is 0 Å². The average Bonchev–Trinajstić information content (AvgIpc) is 2.46. The van der Waals surface area contributed by atoms with Crippen molar-refractivity contribution in [3.63, 3.8) is 0 Å². The Labute approximate surface area is 116 Å². The van der Waals surface area contributed by atoms with Crippen LogP contribution in [0, 0.1) is 18.8 Å². The highest BCUT2D eigenvalue weighted by atomic mass is 16.5. The SMILES string of the molecule is Cc1cc(C=O)ccc1OCC(C)C1CCCCC1. The first-order valence-corrected chi connectivity index (χ1v) is 7.39. The Kier molecular flexibility index (Phi) is 5.00. The molecule has 0 aromatic heterocycles. The van der Waals surface area contributed by atoms with Gasteiger partial charge in [0.1, 0.15) is 12.0 Å².